The summed E-state index contributed by atoms with van der Waals surface area (Å²) in [5.41, 5.74) is -0.345. The van der Waals surface area contributed by atoms with Gasteiger partial charge in [-0.1, -0.05) is 6.92 Å². The number of hydrogen-bond acceptors (Lipinski definition) is 7. The van der Waals surface area contributed by atoms with Gasteiger partial charge in [0.2, 0.25) is 16.0 Å². The number of sulfonamides is 1. The molecule has 1 aromatic carbocycles. The molecule has 0 aliphatic rings. The molecule has 0 spiro atoms. The van der Waals surface area contributed by atoms with Crippen LogP contribution in [0, 0.1) is 11.6 Å². The van der Waals surface area contributed by atoms with Gasteiger partial charge in [-0.3, -0.25) is 9.40 Å². The number of hydrogen-bond donors (Lipinski definition) is 3. The van der Waals surface area contributed by atoms with Crippen LogP contribution in [0.5, 0.6) is 0 Å². The van der Waals surface area contributed by atoms with Crippen LogP contribution >= 0.6 is 0 Å². The van der Waals surface area contributed by atoms with Crippen LogP contribution in [0.4, 0.5) is 25.2 Å². The van der Waals surface area contributed by atoms with Crippen molar-refractivity contribution >= 4 is 27.8 Å². The Labute approximate surface area is 220 Å². The van der Waals surface area contributed by atoms with Gasteiger partial charge < -0.3 is 15.3 Å². The maximum absolute atomic E-state index is 15.6. The Hall–Kier alpha value is -3.81. The second kappa shape index (κ2) is 11.7. The SMILES string of the molecule is CCCS(=O)(=O)Nc1ccc(F)c(-c2nn(C(C)C)cc2-c2ccnc(NC[C@H](C)N(C)C(=O)O)n2)c1F. The van der Waals surface area contributed by atoms with Gasteiger partial charge in [0, 0.05) is 43.6 Å². The minimum absolute atomic E-state index is 0.0612. The summed E-state index contributed by atoms with van der Waals surface area (Å²) in [5, 5.41) is 16.5. The lowest BCUT2D eigenvalue weighted by Gasteiger charge is -2.21. The standard InChI is InChI=1S/C24H31F2N7O4S/c1-6-11-38(36,37)31-19-8-7-17(25)20(21(19)26)22-16(13-33(30-22)14(2)3)18-9-10-27-23(29-18)28-12-15(4)32(5)24(34)35/h7-10,13-15,31H,6,11-12H2,1-5H3,(H,34,35)(H,27,28,29)/t15-/m0/s1. The van der Waals surface area contributed by atoms with Crippen molar-refractivity contribution in [2.75, 3.05) is 29.4 Å². The van der Waals surface area contributed by atoms with Gasteiger partial charge in [-0.25, -0.2) is 32.0 Å². The van der Waals surface area contributed by atoms with Crippen LogP contribution in [0.25, 0.3) is 22.5 Å². The Morgan fingerprint density at radius 1 is 1.21 bits per heavy atom. The van der Waals surface area contributed by atoms with E-state index in [4.69, 9.17) is 5.11 Å². The number of carbonyl (C=O) groups is 1. The van der Waals surface area contributed by atoms with Crippen molar-refractivity contribution in [3.8, 4) is 22.5 Å². The largest absolute Gasteiger partial charge is 0.465 e. The van der Waals surface area contributed by atoms with Crippen LogP contribution in [-0.4, -0.2) is 69.7 Å². The zero-order chi connectivity index (χ0) is 28.2. The second-order valence-corrected chi connectivity index (χ2v) is 10.9. The summed E-state index contributed by atoms with van der Waals surface area (Å²) in [5.74, 6) is -2.06. The normalized spacial score (nSPS) is 12.4. The number of nitrogens with zero attached hydrogens (tertiary/aromatic N) is 5. The Morgan fingerprint density at radius 3 is 2.55 bits per heavy atom. The smallest absolute Gasteiger partial charge is 0.407 e. The van der Waals surface area contributed by atoms with Gasteiger partial charge in [0.15, 0.2) is 5.82 Å². The van der Waals surface area contributed by atoms with Crippen LogP contribution in [0.2, 0.25) is 0 Å². The highest BCUT2D eigenvalue weighted by Gasteiger charge is 2.25. The van der Waals surface area contributed by atoms with Crippen molar-refractivity contribution in [1.29, 1.82) is 0 Å². The fourth-order valence-corrected chi connectivity index (χ4v) is 4.65. The molecule has 0 radical (unpaired) electrons. The molecule has 14 heteroatoms. The molecule has 3 N–H and O–H groups in total. The van der Waals surface area contributed by atoms with Crippen molar-refractivity contribution < 1.29 is 27.1 Å². The molecule has 2 heterocycles. The number of nitrogens with one attached hydrogen (secondary N) is 2. The first-order valence-corrected chi connectivity index (χ1v) is 13.6. The number of amides is 1. The van der Waals surface area contributed by atoms with E-state index in [2.05, 4.69) is 25.1 Å². The maximum atomic E-state index is 15.6. The third kappa shape index (κ3) is 6.54. The van der Waals surface area contributed by atoms with Gasteiger partial charge in [0.05, 0.1) is 22.7 Å². The topological polar surface area (TPSA) is 142 Å². The summed E-state index contributed by atoms with van der Waals surface area (Å²) in [6, 6.07) is 3.01. The molecular weight excluding hydrogens is 520 g/mol. The molecular formula is C24H31F2N7O4S. The van der Waals surface area contributed by atoms with Gasteiger partial charge in [-0.05, 0) is 45.4 Å². The van der Waals surface area contributed by atoms with E-state index in [0.29, 0.717) is 17.7 Å². The van der Waals surface area contributed by atoms with Crippen LogP contribution in [0.15, 0.2) is 30.6 Å². The molecule has 2 aromatic heterocycles. The summed E-state index contributed by atoms with van der Waals surface area (Å²) < 4.78 is 58.9. The number of aromatic nitrogens is 4. The van der Waals surface area contributed by atoms with E-state index < -0.39 is 33.3 Å². The molecule has 1 amide bonds. The van der Waals surface area contributed by atoms with Crippen LogP contribution < -0.4 is 10.0 Å². The molecule has 3 aromatic rings. The Balaban J connectivity index is 2.06. The van der Waals surface area contributed by atoms with Gasteiger partial charge in [-0.15, -0.1) is 0 Å². The van der Waals surface area contributed by atoms with Crippen molar-refractivity contribution in [3.63, 3.8) is 0 Å². The molecule has 1 atom stereocenters. The fourth-order valence-electron chi connectivity index (χ4n) is 3.52. The molecule has 3 rings (SSSR count). The molecule has 0 saturated heterocycles. The minimum Gasteiger partial charge on any atom is -0.465 e. The summed E-state index contributed by atoms with van der Waals surface area (Å²) in [4.78, 5) is 20.9. The summed E-state index contributed by atoms with van der Waals surface area (Å²) >= 11 is 0. The Morgan fingerprint density at radius 2 is 1.92 bits per heavy atom. The van der Waals surface area contributed by atoms with E-state index in [9.17, 15) is 13.2 Å². The van der Waals surface area contributed by atoms with E-state index in [-0.39, 0.29) is 41.7 Å². The van der Waals surface area contributed by atoms with E-state index in [1.54, 1.807) is 26.1 Å². The van der Waals surface area contributed by atoms with Gasteiger partial charge in [-0.2, -0.15) is 5.10 Å². The highest BCUT2D eigenvalue weighted by molar-refractivity contribution is 7.92. The zero-order valence-electron chi connectivity index (χ0n) is 21.7. The molecule has 206 valence electrons. The first-order valence-electron chi connectivity index (χ1n) is 12.0. The molecule has 0 aliphatic heterocycles. The summed E-state index contributed by atoms with van der Waals surface area (Å²) in [6.07, 6.45) is 2.29. The molecule has 38 heavy (non-hydrogen) atoms. The number of carboxylic acid groups (broad SMARTS) is 1. The molecule has 11 nitrogen and oxygen atoms in total. The molecule has 0 aliphatic carbocycles. The monoisotopic (exact) mass is 551 g/mol. The lowest BCUT2D eigenvalue weighted by molar-refractivity contribution is 0.144. The van der Waals surface area contributed by atoms with Crippen molar-refractivity contribution in [3.05, 3.63) is 42.2 Å². The average molecular weight is 552 g/mol. The highest BCUT2D eigenvalue weighted by atomic mass is 32.2. The van der Waals surface area contributed by atoms with Gasteiger partial charge >= 0.3 is 6.09 Å². The third-order valence-corrected chi connectivity index (χ3v) is 7.25. The van der Waals surface area contributed by atoms with E-state index in [1.165, 1.54) is 17.9 Å². The summed E-state index contributed by atoms with van der Waals surface area (Å²) in [7, 11) is -2.38. The molecule has 0 unspecified atom stereocenters. The second-order valence-electron chi connectivity index (χ2n) is 9.06. The number of rotatable bonds is 11. The van der Waals surface area contributed by atoms with E-state index in [0.717, 1.165) is 17.0 Å². The van der Waals surface area contributed by atoms with Crippen molar-refractivity contribution in [1.82, 2.24) is 24.6 Å². The van der Waals surface area contributed by atoms with E-state index in [1.807, 2.05) is 13.8 Å². The first-order chi connectivity index (χ1) is 17.8. The quantitative estimate of drug-likeness (QED) is 0.318. The lowest BCUT2D eigenvalue weighted by atomic mass is 10.0. The fraction of sp³-hybridized carbons (Fsp3) is 0.417. The van der Waals surface area contributed by atoms with E-state index >= 15 is 8.78 Å². The number of anilines is 2. The predicted octanol–water partition coefficient (Wildman–Crippen LogP) is 4.43. The first kappa shape index (κ1) is 28.8. The Kier molecular flexibility index (Phi) is 8.86. The van der Waals surface area contributed by atoms with Gasteiger partial charge in [0.25, 0.3) is 0 Å². The van der Waals surface area contributed by atoms with Crippen molar-refractivity contribution in [2.24, 2.45) is 0 Å². The minimum atomic E-state index is -3.83. The maximum Gasteiger partial charge on any atom is 0.407 e. The molecule has 0 fully saturated rings. The average Bonchev–Trinajstić information content (AvgIpc) is 3.29. The van der Waals surface area contributed by atoms with Crippen LogP contribution in [0.1, 0.15) is 40.2 Å². The predicted molar refractivity (Wildman–Crippen MR) is 140 cm³/mol. The number of likely N-dealkylation sites (N-methyl/N-ethyl adjacent to an activating group) is 1. The molecule has 0 saturated carbocycles. The molecule has 0 bridgehead atoms. The van der Waals surface area contributed by atoms with Gasteiger partial charge in [0.1, 0.15) is 11.5 Å². The zero-order valence-corrected chi connectivity index (χ0v) is 22.6. The highest BCUT2D eigenvalue weighted by Crippen LogP contribution is 2.37. The lowest BCUT2D eigenvalue weighted by Crippen LogP contribution is -2.38. The number of benzene rings is 1. The Bertz CT molecular complexity index is 1410. The van der Waals surface area contributed by atoms with Crippen LogP contribution in [0.3, 0.4) is 0 Å². The summed E-state index contributed by atoms with van der Waals surface area (Å²) in [6.45, 7) is 7.29. The van der Waals surface area contributed by atoms with Crippen molar-refractivity contribution in [2.45, 2.75) is 46.2 Å². The van der Waals surface area contributed by atoms with Crippen LogP contribution in [-0.2, 0) is 10.0 Å². The third-order valence-electron chi connectivity index (χ3n) is 5.78. The number of halogens is 2.